The molecule has 1 saturated heterocycles. The second-order valence-electron chi connectivity index (χ2n) is 6.09. The van der Waals surface area contributed by atoms with Gasteiger partial charge in [0.25, 0.3) is 0 Å². The molecule has 2 amide bonds. The number of hydrogen-bond acceptors (Lipinski definition) is 3. The van der Waals surface area contributed by atoms with Crippen LogP contribution in [0, 0.1) is 0 Å². The number of hydrogen-bond donors (Lipinski definition) is 2. The molecule has 3 N–H and O–H groups in total. The third-order valence-corrected chi connectivity index (χ3v) is 4.44. The zero-order valence-electron chi connectivity index (χ0n) is 12.8. The van der Waals surface area contributed by atoms with Gasteiger partial charge in [0.1, 0.15) is 0 Å². The quantitative estimate of drug-likeness (QED) is 0.726. The lowest BCUT2D eigenvalue weighted by Gasteiger charge is -2.32. The molecule has 0 bridgehead atoms. The monoisotopic (exact) mass is 293 g/mol. The molecule has 5 nitrogen and oxygen atoms in total. The summed E-state index contributed by atoms with van der Waals surface area (Å²) >= 11 is 0. The molecule has 118 valence electrons. The van der Waals surface area contributed by atoms with Crippen LogP contribution in [0.25, 0.3) is 0 Å². The summed E-state index contributed by atoms with van der Waals surface area (Å²) in [6.07, 6.45) is 11.0. The number of likely N-dealkylation sites (tertiary alicyclic amines) is 1. The molecule has 2 rings (SSSR count). The first-order valence-electron chi connectivity index (χ1n) is 8.15. The molecule has 0 aromatic rings. The van der Waals surface area contributed by atoms with Crippen LogP contribution in [0.4, 0.5) is 0 Å². The normalized spacial score (nSPS) is 23.4. The second kappa shape index (κ2) is 8.17. The summed E-state index contributed by atoms with van der Waals surface area (Å²) in [6.45, 7) is 1.76. The van der Waals surface area contributed by atoms with Gasteiger partial charge in [-0.2, -0.15) is 0 Å². The molecule has 21 heavy (non-hydrogen) atoms. The van der Waals surface area contributed by atoms with Gasteiger partial charge in [0, 0.05) is 6.54 Å². The Balaban J connectivity index is 1.70. The molecule has 0 spiro atoms. The third kappa shape index (κ3) is 5.16. The number of primary amides is 1. The van der Waals surface area contributed by atoms with E-state index in [2.05, 4.69) is 11.4 Å². The van der Waals surface area contributed by atoms with Crippen LogP contribution in [0.3, 0.4) is 0 Å². The topological polar surface area (TPSA) is 75.4 Å². The fraction of sp³-hybridized carbons (Fsp3) is 0.750. The zero-order valence-corrected chi connectivity index (χ0v) is 12.8. The van der Waals surface area contributed by atoms with E-state index in [0.29, 0.717) is 6.54 Å². The minimum Gasteiger partial charge on any atom is -0.368 e. The SMILES string of the molecule is NC(=O)C1CCCCN1CC(=O)NCCC1=CCCCC1. The zero-order chi connectivity index (χ0) is 15.1. The molecule has 1 unspecified atom stereocenters. The van der Waals surface area contributed by atoms with Crippen LogP contribution in [0.15, 0.2) is 11.6 Å². The van der Waals surface area contributed by atoms with Gasteiger partial charge >= 0.3 is 0 Å². The van der Waals surface area contributed by atoms with E-state index in [1.807, 2.05) is 4.90 Å². The lowest BCUT2D eigenvalue weighted by molar-refractivity contribution is -0.128. The number of nitrogens with one attached hydrogen (secondary N) is 1. The van der Waals surface area contributed by atoms with E-state index in [1.54, 1.807) is 0 Å². The maximum Gasteiger partial charge on any atom is 0.234 e. The van der Waals surface area contributed by atoms with Gasteiger partial charge in [-0.05, 0) is 51.5 Å². The minimum absolute atomic E-state index is 0.000408. The summed E-state index contributed by atoms with van der Waals surface area (Å²) in [5.41, 5.74) is 6.88. The van der Waals surface area contributed by atoms with Crippen molar-refractivity contribution in [1.82, 2.24) is 10.2 Å². The van der Waals surface area contributed by atoms with E-state index >= 15 is 0 Å². The number of carbonyl (C=O) groups excluding carboxylic acids is 2. The Morgan fingerprint density at radius 3 is 2.86 bits per heavy atom. The summed E-state index contributed by atoms with van der Waals surface area (Å²) in [7, 11) is 0. The first kappa shape index (κ1) is 16.0. The smallest absolute Gasteiger partial charge is 0.234 e. The predicted octanol–water partition coefficient (Wildman–Crippen LogP) is 1.33. The molecule has 0 aromatic carbocycles. The average molecular weight is 293 g/mol. The van der Waals surface area contributed by atoms with E-state index in [1.165, 1.54) is 31.3 Å². The van der Waals surface area contributed by atoms with Crippen molar-refractivity contribution in [2.24, 2.45) is 5.73 Å². The highest BCUT2D eigenvalue weighted by Crippen LogP contribution is 2.19. The molecule has 0 radical (unpaired) electrons. The van der Waals surface area contributed by atoms with Gasteiger partial charge in [0.2, 0.25) is 11.8 Å². The fourth-order valence-electron chi connectivity index (χ4n) is 3.24. The Morgan fingerprint density at radius 1 is 1.29 bits per heavy atom. The van der Waals surface area contributed by atoms with Crippen molar-refractivity contribution < 1.29 is 9.59 Å². The van der Waals surface area contributed by atoms with Crippen molar-refractivity contribution >= 4 is 11.8 Å². The van der Waals surface area contributed by atoms with Crippen LogP contribution in [0.5, 0.6) is 0 Å². The molecule has 0 aromatic heterocycles. The molecule has 1 fully saturated rings. The van der Waals surface area contributed by atoms with E-state index in [9.17, 15) is 9.59 Å². The van der Waals surface area contributed by atoms with Gasteiger partial charge in [-0.3, -0.25) is 14.5 Å². The van der Waals surface area contributed by atoms with Crippen LogP contribution < -0.4 is 11.1 Å². The lowest BCUT2D eigenvalue weighted by Crippen LogP contribution is -2.51. The Bertz CT molecular complexity index is 406. The van der Waals surface area contributed by atoms with Gasteiger partial charge in [-0.25, -0.2) is 0 Å². The minimum atomic E-state index is -0.310. The molecular formula is C16H27N3O2. The van der Waals surface area contributed by atoms with Crippen LogP contribution in [0.1, 0.15) is 51.4 Å². The molecule has 0 saturated carbocycles. The highest BCUT2D eigenvalue weighted by atomic mass is 16.2. The van der Waals surface area contributed by atoms with Crippen molar-refractivity contribution in [2.45, 2.75) is 57.4 Å². The number of allylic oxidation sites excluding steroid dienone is 1. The van der Waals surface area contributed by atoms with Crippen molar-refractivity contribution in [3.63, 3.8) is 0 Å². The van der Waals surface area contributed by atoms with E-state index in [-0.39, 0.29) is 24.4 Å². The summed E-state index contributed by atoms with van der Waals surface area (Å²) in [5.74, 6) is -0.311. The van der Waals surface area contributed by atoms with Gasteiger partial charge < -0.3 is 11.1 Å². The summed E-state index contributed by atoms with van der Waals surface area (Å²) in [4.78, 5) is 25.3. The molecule has 1 heterocycles. The highest BCUT2D eigenvalue weighted by molar-refractivity contribution is 5.82. The largest absolute Gasteiger partial charge is 0.368 e. The maximum atomic E-state index is 12.0. The van der Waals surface area contributed by atoms with Crippen molar-refractivity contribution in [3.8, 4) is 0 Å². The van der Waals surface area contributed by atoms with Gasteiger partial charge in [-0.1, -0.05) is 18.1 Å². The maximum absolute atomic E-state index is 12.0. The highest BCUT2D eigenvalue weighted by Gasteiger charge is 2.28. The first-order chi connectivity index (χ1) is 10.2. The molecule has 1 aliphatic carbocycles. The van der Waals surface area contributed by atoms with Crippen molar-refractivity contribution in [2.75, 3.05) is 19.6 Å². The number of rotatable bonds is 6. The number of nitrogens with two attached hydrogens (primary N) is 1. The van der Waals surface area contributed by atoms with Crippen LogP contribution in [-0.4, -0.2) is 42.4 Å². The fourth-order valence-corrected chi connectivity index (χ4v) is 3.24. The molecular weight excluding hydrogens is 266 g/mol. The summed E-state index contributed by atoms with van der Waals surface area (Å²) < 4.78 is 0. The molecule has 2 aliphatic rings. The molecule has 5 heteroatoms. The van der Waals surface area contributed by atoms with Crippen LogP contribution in [0.2, 0.25) is 0 Å². The Hall–Kier alpha value is -1.36. The van der Waals surface area contributed by atoms with Gasteiger partial charge in [0.05, 0.1) is 12.6 Å². The summed E-state index contributed by atoms with van der Waals surface area (Å²) in [5, 5.41) is 2.96. The number of carbonyl (C=O) groups is 2. The molecule has 1 atom stereocenters. The Kier molecular flexibility index (Phi) is 6.23. The average Bonchev–Trinajstić information content (AvgIpc) is 2.48. The summed E-state index contributed by atoms with van der Waals surface area (Å²) in [6, 6.07) is -0.273. The van der Waals surface area contributed by atoms with Gasteiger partial charge in [-0.15, -0.1) is 0 Å². The Morgan fingerprint density at radius 2 is 2.14 bits per heavy atom. The van der Waals surface area contributed by atoms with Crippen LogP contribution >= 0.6 is 0 Å². The lowest BCUT2D eigenvalue weighted by atomic mass is 9.97. The van der Waals surface area contributed by atoms with Crippen molar-refractivity contribution in [1.29, 1.82) is 0 Å². The number of nitrogens with zero attached hydrogens (tertiary/aromatic N) is 1. The van der Waals surface area contributed by atoms with Gasteiger partial charge in [0.15, 0.2) is 0 Å². The Labute approximate surface area is 126 Å². The van der Waals surface area contributed by atoms with E-state index < -0.39 is 0 Å². The number of amides is 2. The van der Waals surface area contributed by atoms with E-state index in [4.69, 9.17) is 5.73 Å². The second-order valence-corrected chi connectivity index (χ2v) is 6.09. The standard InChI is InChI=1S/C16H27N3O2/c17-16(21)14-8-4-5-11-19(14)12-15(20)18-10-9-13-6-2-1-3-7-13/h6,14H,1-5,7-12H2,(H2,17,21)(H,18,20). The van der Waals surface area contributed by atoms with E-state index in [0.717, 1.165) is 32.2 Å². The third-order valence-electron chi connectivity index (χ3n) is 4.44. The van der Waals surface area contributed by atoms with Crippen molar-refractivity contribution in [3.05, 3.63) is 11.6 Å². The first-order valence-corrected chi connectivity index (χ1v) is 8.15. The number of piperidine rings is 1. The van der Waals surface area contributed by atoms with Crippen LogP contribution in [-0.2, 0) is 9.59 Å². The molecule has 1 aliphatic heterocycles. The predicted molar refractivity (Wildman–Crippen MR) is 82.6 cm³/mol.